The van der Waals surface area contributed by atoms with Crippen LogP contribution < -0.4 is 9.47 Å². The second kappa shape index (κ2) is 4.66. The number of hydrogen-bond donors (Lipinski definition) is 0. The van der Waals surface area contributed by atoms with Gasteiger partial charge in [-0.25, -0.2) is 0 Å². The molecule has 0 aliphatic carbocycles. The number of ether oxygens (including phenoxy) is 2. The van der Waals surface area contributed by atoms with Crippen LogP contribution >= 0.6 is 0 Å². The molecule has 0 radical (unpaired) electrons. The van der Waals surface area contributed by atoms with Crippen LogP contribution in [-0.2, 0) is 0 Å². The minimum Gasteiger partial charge on any atom is -0.486 e. The number of fused-ring (bicyclic) bond motifs is 2. The lowest BCUT2D eigenvalue weighted by Gasteiger charge is -2.18. The maximum Gasteiger partial charge on any atom is 0.262 e. The number of aromatic nitrogens is 1. The van der Waals surface area contributed by atoms with Crippen molar-refractivity contribution in [2.45, 2.75) is 0 Å². The van der Waals surface area contributed by atoms with Gasteiger partial charge in [0.25, 0.3) is 5.91 Å². The molecule has 0 fully saturated rings. The number of carbonyl (C=O) groups is 1. The van der Waals surface area contributed by atoms with Crippen LogP contribution in [0.15, 0.2) is 54.9 Å². The van der Waals surface area contributed by atoms with Gasteiger partial charge >= 0.3 is 0 Å². The normalized spacial score (nSPS) is 13.3. The smallest absolute Gasteiger partial charge is 0.262 e. The maximum absolute atomic E-state index is 12.6. The highest BCUT2D eigenvalue weighted by Crippen LogP contribution is 2.31. The maximum atomic E-state index is 12.6. The van der Waals surface area contributed by atoms with Crippen LogP contribution in [0, 0.1) is 0 Å². The number of benzene rings is 2. The predicted molar refractivity (Wildman–Crippen MR) is 79.1 cm³/mol. The summed E-state index contributed by atoms with van der Waals surface area (Å²) in [5.74, 6) is 1.24. The van der Waals surface area contributed by atoms with E-state index in [1.54, 1.807) is 22.8 Å². The Morgan fingerprint density at radius 3 is 2.29 bits per heavy atom. The van der Waals surface area contributed by atoms with E-state index < -0.39 is 0 Å². The van der Waals surface area contributed by atoms with Crippen LogP contribution in [0.1, 0.15) is 10.4 Å². The summed E-state index contributed by atoms with van der Waals surface area (Å²) >= 11 is 0. The molecule has 2 heterocycles. The monoisotopic (exact) mass is 279 g/mol. The molecule has 4 nitrogen and oxygen atoms in total. The molecule has 0 N–H and O–H groups in total. The summed E-state index contributed by atoms with van der Waals surface area (Å²) < 4.78 is 12.6. The zero-order chi connectivity index (χ0) is 14.2. The van der Waals surface area contributed by atoms with Crippen molar-refractivity contribution in [3.05, 3.63) is 60.4 Å². The molecule has 104 valence electrons. The van der Waals surface area contributed by atoms with Gasteiger partial charge in [-0.1, -0.05) is 24.3 Å². The largest absolute Gasteiger partial charge is 0.486 e. The second-order valence-corrected chi connectivity index (χ2v) is 4.96. The highest BCUT2D eigenvalue weighted by atomic mass is 16.6. The van der Waals surface area contributed by atoms with E-state index in [1.807, 2.05) is 36.7 Å². The summed E-state index contributed by atoms with van der Waals surface area (Å²) in [5.41, 5.74) is 0.583. The third kappa shape index (κ3) is 2.05. The van der Waals surface area contributed by atoms with Crippen LogP contribution in [0.3, 0.4) is 0 Å². The van der Waals surface area contributed by atoms with E-state index >= 15 is 0 Å². The molecular weight excluding hydrogens is 266 g/mol. The van der Waals surface area contributed by atoms with Crippen molar-refractivity contribution in [3.8, 4) is 11.5 Å². The van der Waals surface area contributed by atoms with Gasteiger partial charge in [0.1, 0.15) is 13.2 Å². The molecule has 0 bridgehead atoms. The van der Waals surface area contributed by atoms with Crippen LogP contribution in [0.5, 0.6) is 11.5 Å². The molecular formula is C17H13NO3. The lowest BCUT2D eigenvalue weighted by atomic mass is 10.2. The molecule has 3 aromatic rings. The average Bonchev–Trinajstić information content (AvgIpc) is 2.97. The van der Waals surface area contributed by atoms with Gasteiger partial charge < -0.3 is 9.47 Å². The first-order chi connectivity index (χ1) is 10.3. The number of rotatable bonds is 1. The van der Waals surface area contributed by atoms with E-state index in [2.05, 4.69) is 0 Å². The Bertz CT molecular complexity index is 802. The highest BCUT2D eigenvalue weighted by Gasteiger charge is 2.16. The second-order valence-electron chi connectivity index (χ2n) is 4.96. The lowest BCUT2D eigenvalue weighted by molar-refractivity contribution is 0.0959. The zero-order valence-corrected chi connectivity index (χ0v) is 11.3. The van der Waals surface area contributed by atoms with Crippen LogP contribution in [0.2, 0.25) is 0 Å². The summed E-state index contributed by atoms with van der Waals surface area (Å²) in [6.07, 6.45) is 3.68. The van der Waals surface area contributed by atoms with Gasteiger partial charge in [-0.3, -0.25) is 9.36 Å². The van der Waals surface area contributed by atoms with Crippen molar-refractivity contribution in [1.82, 2.24) is 4.57 Å². The predicted octanol–water partition coefficient (Wildman–Crippen LogP) is 3.10. The van der Waals surface area contributed by atoms with Crippen molar-refractivity contribution >= 4 is 16.7 Å². The van der Waals surface area contributed by atoms with E-state index in [0.717, 1.165) is 10.8 Å². The number of nitrogens with zero attached hydrogens (tertiary/aromatic N) is 1. The van der Waals surface area contributed by atoms with E-state index in [-0.39, 0.29) is 5.91 Å². The van der Waals surface area contributed by atoms with E-state index in [9.17, 15) is 4.79 Å². The fourth-order valence-corrected chi connectivity index (χ4v) is 2.53. The Balaban J connectivity index is 1.73. The van der Waals surface area contributed by atoms with Crippen LogP contribution in [0.25, 0.3) is 10.8 Å². The average molecular weight is 279 g/mol. The highest BCUT2D eigenvalue weighted by molar-refractivity contribution is 5.99. The van der Waals surface area contributed by atoms with E-state index in [1.165, 1.54) is 0 Å². The molecule has 4 rings (SSSR count). The van der Waals surface area contributed by atoms with Gasteiger partial charge in [-0.2, -0.15) is 0 Å². The van der Waals surface area contributed by atoms with Crippen LogP contribution in [0.4, 0.5) is 0 Å². The molecule has 2 aromatic carbocycles. The first kappa shape index (κ1) is 12.0. The summed E-state index contributed by atoms with van der Waals surface area (Å²) in [6, 6.07) is 13.2. The minimum absolute atomic E-state index is 0.0804. The van der Waals surface area contributed by atoms with Gasteiger partial charge in [0, 0.05) is 18.0 Å². The Kier molecular flexibility index (Phi) is 2.67. The molecule has 0 spiro atoms. The molecule has 0 unspecified atom stereocenters. The fraction of sp³-hybridized carbons (Fsp3) is 0.118. The lowest BCUT2D eigenvalue weighted by Crippen LogP contribution is -2.16. The van der Waals surface area contributed by atoms with Gasteiger partial charge in [0.15, 0.2) is 11.5 Å². The van der Waals surface area contributed by atoms with Crippen LogP contribution in [-0.4, -0.2) is 23.7 Å². The van der Waals surface area contributed by atoms with E-state index in [0.29, 0.717) is 30.3 Å². The molecule has 1 aliphatic heterocycles. The molecule has 0 amide bonds. The summed E-state index contributed by atoms with van der Waals surface area (Å²) in [7, 11) is 0. The standard InChI is InChI=1S/C17H13NO3/c19-17(18-10-13-3-1-2-4-14(13)11-18)12-5-6-15-16(9-12)21-8-7-20-15/h1-6,9-11H,7-8H2. The minimum atomic E-state index is -0.0804. The van der Waals surface area contributed by atoms with Crippen molar-refractivity contribution < 1.29 is 14.3 Å². The van der Waals surface area contributed by atoms with Gasteiger partial charge in [0.2, 0.25) is 0 Å². The SMILES string of the molecule is O=C(c1ccc2c(c1)OCCO2)n1cc2ccccc2c1. The van der Waals surface area contributed by atoms with Gasteiger partial charge in [0.05, 0.1) is 0 Å². The van der Waals surface area contributed by atoms with Crippen molar-refractivity contribution in [3.63, 3.8) is 0 Å². The van der Waals surface area contributed by atoms with Gasteiger partial charge in [-0.05, 0) is 29.0 Å². The quantitative estimate of drug-likeness (QED) is 0.687. The van der Waals surface area contributed by atoms with Crippen molar-refractivity contribution in [1.29, 1.82) is 0 Å². The Hall–Kier alpha value is -2.75. The summed E-state index contributed by atoms with van der Waals surface area (Å²) in [6.45, 7) is 1.06. The summed E-state index contributed by atoms with van der Waals surface area (Å²) in [5, 5.41) is 2.09. The zero-order valence-electron chi connectivity index (χ0n) is 11.3. The fourth-order valence-electron chi connectivity index (χ4n) is 2.53. The number of carbonyl (C=O) groups excluding carboxylic acids is 1. The third-order valence-electron chi connectivity index (χ3n) is 3.58. The third-order valence-corrected chi connectivity index (χ3v) is 3.58. The Morgan fingerprint density at radius 2 is 1.57 bits per heavy atom. The molecule has 0 saturated carbocycles. The summed E-state index contributed by atoms with van der Waals surface area (Å²) in [4.78, 5) is 12.6. The van der Waals surface area contributed by atoms with E-state index in [4.69, 9.17) is 9.47 Å². The Labute approximate surface area is 121 Å². The van der Waals surface area contributed by atoms with Crippen molar-refractivity contribution in [2.75, 3.05) is 13.2 Å². The molecule has 1 aromatic heterocycles. The first-order valence-electron chi connectivity index (χ1n) is 6.82. The van der Waals surface area contributed by atoms with Crippen molar-refractivity contribution in [2.24, 2.45) is 0 Å². The number of hydrogen-bond acceptors (Lipinski definition) is 3. The Morgan fingerprint density at radius 1 is 0.905 bits per heavy atom. The topological polar surface area (TPSA) is 40.5 Å². The molecule has 4 heteroatoms. The molecule has 0 saturated heterocycles. The van der Waals surface area contributed by atoms with Gasteiger partial charge in [-0.15, -0.1) is 0 Å². The molecule has 21 heavy (non-hydrogen) atoms. The molecule has 0 atom stereocenters. The first-order valence-corrected chi connectivity index (χ1v) is 6.82. The molecule has 1 aliphatic rings.